The second kappa shape index (κ2) is 6.40. The molecule has 1 aliphatic carbocycles. The number of anilines is 1. The third-order valence-electron chi connectivity index (χ3n) is 4.87. The normalized spacial score (nSPS) is 24.9. The standard InChI is InChI=1S/C19H24N2O3/c1-4-17(22)21-10-6-7-13-11-14(8-9-15(13)21)18(23)20-16-12-19(16,3)24-5-2/h4,8-9,11,16H,1,5-7,10,12H2,2-3H3,(H,20,23)/t16-,19+/m1/s1. The van der Waals surface area contributed by atoms with E-state index < -0.39 is 0 Å². The second-order valence-corrected chi connectivity index (χ2v) is 6.62. The van der Waals surface area contributed by atoms with E-state index in [1.807, 2.05) is 26.0 Å². The molecular weight excluding hydrogens is 304 g/mol. The zero-order valence-corrected chi connectivity index (χ0v) is 14.3. The average Bonchev–Trinajstić information content (AvgIpc) is 3.22. The van der Waals surface area contributed by atoms with Gasteiger partial charge >= 0.3 is 0 Å². The molecule has 1 aromatic rings. The zero-order chi connectivity index (χ0) is 17.3. The number of hydrogen-bond acceptors (Lipinski definition) is 3. The Hall–Kier alpha value is -2.14. The van der Waals surface area contributed by atoms with Crippen LogP contribution < -0.4 is 10.2 Å². The van der Waals surface area contributed by atoms with Crippen molar-refractivity contribution in [1.82, 2.24) is 5.32 Å². The third-order valence-corrected chi connectivity index (χ3v) is 4.87. The molecule has 1 heterocycles. The number of carbonyl (C=O) groups excluding carboxylic acids is 2. The summed E-state index contributed by atoms with van der Waals surface area (Å²) in [7, 11) is 0. The Labute approximate surface area is 142 Å². The van der Waals surface area contributed by atoms with Gasteiger partial charge in [-0.05, 0) is 56.5 Å². The van der Waals surface area contributed by atoms with Crippen LogP contribution in [0.5, 0.6) is 0 Å². The van der Waals surface area contributed by atoms with Gasteiger partial charge in [0.1, 0.15) is 0 Å². The number of carbonyl (C=O) groups is 2. The highest BCUT2D eigenvalue weighted by atomic mass is 16.5. The first kappa shape index (κ1) is 16.7. The van der Waals surface area contributed by atoms with Crippen LogP contribution in [0.3, 0.4) is 0 Å². The zero-order valence-electron chi connectivity index (χ0n) is 14.3. The van der Waals surface area contributed by atoms with Crippen LogP contribution in [-0.4, -0.2) is 36.6 Å². The number of ether oxygens (including phenoxy) is 1. The second-order valence-electron chi connectivity index (χ2n) is 6.62. The van der Waals surface area contributed by atoms with E-state index in [4.69, 9.17) is 4.74 Å². The molecule has 5 heteroatoms. The lowest BCUT2D eigenvalue weighted by atomic mass is 9.98. The molecule has 3 rings (SSSR count). The molecule has 1 N–H and O–H groups in total. The maximum atomic E-state index is 12.5. The van der Waals surface area contributed by atoms with Crippen LogP contribution in [0.2, 0.25) is 0 Å². The van der Waals surface area contributed by atoms with E-state index in [1.165, 1.54) is 6.08 Å². The fraction of sp³-hybridized carbons (Fsp3) is 0.474. The van der Waals surface area contributed by atoms with Gasteiger partial charge in [-0.2, -0.15) is 0 Å². The maximum absolute atomic E-state index is 12.5. The number of amides is 2. The van der Waals surface area contributed by atoms with Crippen LogP contribution >= 0.6 is 0 Å². The molecule has 2 amide bonds. The predicted molar refractivity (Wildman–Crippen MR) is 93.2 cm³/mol. The first-order valence-corrected chi connectivity index (χ1v) is 8.50. The van der Waals surface area contributed by atoms with E-state index in [2.05, 4.69) is 11.9 Å². The molecular formula is C19H24N2O3. The van der Waals surface area contributed by atoms with Crippen molar-refractivity contribution in [2.75, 3.05) is 18.1 Å². The Kier molecular flexibility index (Phi) is 4.45. The van der Waals surface area contributed by atoms with E-state index in [1.54, 1.807) is 11.0 Å². The number of fused-ring (bicyclic) bond motifs is 1. The highest BCUT2D eigenvalue weighted by Crippen LogP contribution is 2.39. The lowest BCUT2D eigenvalue weighted by molar-refractivity contribution is -0.114. The number of nitrogens with one attached hydrogen (secondary N) is 1. The largest absolute Gasteiger partial charge is 0.373 e. The van der Waals surface area contributed by atoms with Gasteiger partial charge in [0.25, 0.3) is 5.91 Å². The number of benzene rings is 1. The SMILES string of the molecule is C=CC(=O)N1CCCc2cc(C(=O)N[C@@H]3C[C@]3(C)OCC)ccc21. The van der Waals surface area contributed by atoms with Crippen LogP contribution in [-0.2, 0) is 16.0 Å². The number of hydrogen-bond donors (Lipinski definition) is 1. The molecule has 1 fully saturated rings. The van der Waals surface area contributed by atoms with Gasteiger partial charge in [-0.15, -0.1) is 0 Å². The fourth-order valence-electron chi connectivity index (χ4n) is 3.36. The summed E-state index contributed by atoms with van der Waals surface area (Å²) in [6.07, 6.45) is 3.94. The Balaban J connectivity index is 1.73. The molecule has 0 bridgehead atoms. The van der Waals surface area contributed by atoms with Gasteiger partial charge in [0, 0.05) is 30.8 Å². The molecule has 2 aliphatic rings. The van der Waals surface area contributed by atoms with Gasteiger partial charge in [0.15, 0.2) is 0 Å². The number of rotatable bonds is 5. The molecule has 128 valence electrons. The molecule has 1 aliphatic heterocycles. The summed E-state index contributed by atoms with van der Waals surface area (Å²) in [5.41, 5.74) is 2.32. The van der Waals surface area contributed by atoms with Crippen molar-refractivity contribution in [2.45, 2.75) is 44.8 Å². The number of aryl methyl sites for hydroxylation is 1. The van der Waals surface area contributed by atoms with Crippen molar-refractivity contribution in [2.24, 2.45) is 0 Å². The molecule has 0 saturated heterocycles. The van der Waals surface area contributed by atoms with Crippen LogP contribution in [0.25, 0.3) is 0 Å². The minimum atomic E-state index is -0.230. The van der Waals surface area contributed by atoms with Crippen molar-refractivity contribution < 1.29 is 14.3 Å². The summed E-state index contributed by atoms with van der Waals surface area (Å²) < 4.78 is 5.66. The molecule has 2 atom stereocenters. The van der Waals surface area contributed by atoms with Crippen LogP contribution in [0.4, 0.5) is 5.69 Å². The molecule has 5 nitrogen and oxygen atoms in total. The van der Waals surface area contributed by atoms with Crippen LogP contribution in [0.1, 0.15) is 42.6 Å². The quantitative estimate of drug-likeness (QED) is 0.845. The third kappa shape index (κ3) is 3.08. The molecule has 1 aromatic carbocycles. The van der Waals surface area contributed by atoms with Crippen molar-refractivity contribution >= 4 is 17.5 Å². The minimum absolute atomic E-state index is 0.0693. The summed E-state index contributed by atoms with van der Waals surface area (Å²) in [4.78, 5) is 26.2. The predicted octanol–water partition coefficient (Wildman–Crippen LogP) is 2.45. The number of nitrogens with zero attached hydrogens (tertiary/aromatic N) is 1. The smallest absolute Gasteiger partial charge is 0.251 e. The molecule has 0 unspecified atom stereocenters. The Morgan fingerprint density at radius 2 is 2.29 bits per heavy atom. The van der Waals surface area contributed by atoms with Gasteiger partial charge in [-0.25, -0.2) is 0 Å². The summed E-state index contributed by atoms with van der Waals surface area (Å²) in [6.45, 7) is 8.88. The Morgan fingerprint density at radius 3 is 3.00 bits per heavy atom. The highest BCUT2D eigenvalue weighted by Gasteiger charge is 2.52. The highest BCUT2D eigenvalue weighted by molar-refractivity contribution is 6.02. The Bertz CT molecular complexity index is 685. The molecule has 0 radical (unpaired) electrons. The Morgan fingerprint density at radius 1 is 1.50 bits per heavy atom. The first-order valence-electron chi connectivity index (χ1n) is 8.50. The van der Waals surface area contributed by atoms with E-state index in [0.717, 1.165) is 30.5 Å². The van der Waals surface area contributed by atoms with Crippen molar-refractivity contribution in [3.63, 3.8) is 0 Å². The minimum Gasteiger partial charge on any atom is -0.373 e. The van der Waals surface area contributed by atoms with Crippen molar-refractivity contribution in [3.8, 4) is 0 Å². The van der Waals surface area contributed by atoms with E-state index in [0.29, 0.717) is 18.7 Å². The lowest BCUT2D eigenvalue weighted by Crippen LogP contribution is -2.35. The lowest BCUT2D eigenvalue weighted by Gasteiger charge is -2.29. The van der Waals surface area contributed by atoms with Gasteiger partial charge in [0.2, 0.25) is 5.91 Å². The maximum Gasteiger partial charge on any atom is 0.251 e. The molecule has 1 saturated carbocycles. The molecule has 0 aromatic heterocycles. The van der Waals surface area contributed by atoms with Gasteiger partial charge in [0.05, 0.1) is 11.6 Å². The fourth-order valence-corrected chi connectivity index (χ4v) is 3.36. The van der Waals surface area contributed by atoms with Crippen molar-refractivity contribution in [3.05, 3.63) is 42.0 Å². The van der Waals surface area contributed by atoms with Gasteiger partial charge in [-0.1, -0.05) is 6.58 Å². The van der Waals surface area contributed by atoms with E-state index >= 15 is 0 Å². The van der Waals surface area contributed by atoms with E-state index in [9.17, 15) is 9.59 Å². The first-order chi connectivity index (χ1) is 11.5. The van der Waals surface area contributed by atoms with E-state index in [-0.39, 0.29) is 23.5 Å². The van der Waals surface area contributed by atoms with Crippen LogP contribution in [0.15, 0.2) is 30.9 Å². The van der Waals surface area contributed by atoms with Crippen LogP contribution in [0, 0.1) is 0 Å². The monoisotopic (exact) mass is 328 g/mol. The summed E-state index contributed by atoms with van der Waals surface area (Å²) >= 11 is 0. The van der Waals surface area contributed by atoms with Gasteiger partial charge in [-0.3, -0.25) is 9.59 Å². The molecule has 24 heavy (non-hydrogen) atoms. The van der Waals surface area contributed by atoms with Crippen molar-refractivity contribution in [1.29, 1.82) is 0 Å². The summed E-state index contributed by atoms with van der Waals surface area (Å²) in [5.74, 6) is -0.183. The average molecular weight is 328 g/mol. The topological polar surface area (TPSA) is 58.6 Å². The summed E-state index contributed by atoms with van der Waals surface area (Å²) in [6, 6.07) is 5.61. The molecule has 0 spiro atoms. The summed E-state index contributed by atoms with van der Waals surface area (Å²) in [5, 5.41) is 3.04. The van der Waals surface area contributed by atoms with Gasteiger partial charge < -0.3 is 15.0 Å².